The van der Waals surface area contributed by atoms with Crippen LogP contribution in [0.5, 0.6) is 0 Å². The van der Waals surface area contributed by atoms with Crippen molar-refractivity contribution in [3.63, 3.8) is 0 Å². The second kappa shape index (κ2) is 2.95. The van der Waals surface area contributed by atoms with Crippen molar-refractivity contribution in [2.45, 2.75) is 37.3 Å². The van der Waals surface area contributed by atoms with Crippen molar-refractivity contribution in [1.82, 2.24) is 5.32 Å². The summed E-state index contributed by atoms with van der Waals surface area (Å²) in [5.74, 6) is -1.66. The summed E-state index contributed by atoms with van der Waals surface area (Å²) in [7, 11) is 0. The van der Waals surface area contributed by atoms with Crippen LogP contribution in [-0.2, 0) is 9.59 Å². The van der Waals surface area contributed by atoms with Crippen LogP contribution in [0.1, 0.15) is 25.7 Å². The van der Waals surface area contributed by atoms with Gasteiger partial charge < -0.3 is 16.2 Å². The molecule has 4 N–H and O–H groups in total. The van der Waals surface area contributed by atoms with Gasteiger partial charge >= 0.3 is 5.97 Å². The highest BCUT2D eigenvalue weighted by Gasteiger charge is 2.53. The Bertz CT molecular complexity index is 280. The summed E-state index contributed by atoms with van der Waals surface area (Å²) >= 11 is 0. The van der Waals surface area contributed by atoms with Gasteiger partial charge in [0.15, 0.2) is 0 Å². The van der Waals surface area contributed by atoms with Gasteiger partial charge in [-0.15, -0.1) is 0 Å². The van der Waals surface area contributed by atoms with E-state index in [4.69, 9.17) is 10.8 Å². The molecule has 1 amide bonds. The minimum atomic E-state index is -0.834. The van der Waals surface area contributed by atoms with Crippen molar-refractivity contribution in [1.29, 1.82) is 0 Å². The van der Waals surface area contributed by atoms with E-state index in [9.17, 15) is 9.59 Å². The van der Waals surface area contributed by atoms with Crippen LogP contribution in [-0.4, -0.2) is 28.6 Å². The van der Waals surface area contributed by atoms with Crippen LogP contribution in [0.3, 0.4) is 0 Å². The molecule has 2 saturated carbocycles. The third-order valence-corrected chi connectivity index (χ3v) is 3.07. The van der Waals surface area contributed by atoms with E-state index in [0.717, 1.165) is 12.8 Å². The van der Waals surface area contributed by atoms with Crippen LogP contribution in [0, 0.1) is 5.92 Å². The number of hydrogen-bond donors (Lipinski definition) is 3. The standard InChI is InChI=1S/C9H14N2O3/c10-8(14)9(11-6-1-2-6)3-5(4-9)7(12)13/h5-6,11H,1-4H2,(H2,10,14)(H,12,13). The smallest absolute Gasteiger partial charge is 0.306 e. The van der Waals surface area contributed by atoms with Crippen LogP contribution in [0.2, 0.25) is 0 Å². The first-order valence-electron chi connectivity index (χ1n) is 4.84. The van der Waals surface area contributed by atoms with Crippen LogP contribution < -0.4 is 11.1 Å². The molecule has 0 bridgehead atoms. The fourth-order valence-corrected chi connectivity index (χ4v) is 1.96. The Morgan fingerprint density at radius 1 is 1.36 bits per heavy atom. The molecular formula is C9H14N2O3. The molecule has 2 aliphatic carbocycles. The van der Waals surface area contributed by atoms with Gasteiger partial charge in [0.25, 0.3) is 0 Å². The maximum absolute atomic E-state index is 11.2. The number of nitrogens with one attached hydrogen (secondary N) is 1. The molecule has 0 radical (unpaired) electrons. The molecule has 78 valence electrons. The highest BCUT2D eigenvalue weighted by Crippen LogP contribution is 2.40. The number of rotatable bonds is 4. The molecular weight excluding hydrogens is 184 g/mol. The summed E-state index contributed by atoms with van der Waals surface area (Å²) < 4.78 is 0. The zero-order chi connectivity index (χ0) is 10.3. The maximum atomic E-state index is 11.2. The highest BCUT2D eigenvalue weighted by molar-refractivity contribution is 5.89. The Labute approximate surface area is 81.7 Å². The Kier molecular flexibility index (Phi) is 1.99. The number of primary amides is 1. The molecule has 0 heterocycles. The number of carboxylic acid groups (broad SMARTS) is 1. The van der Waals surface area contributed by atoms with Crippen molar-refractivity contribution >= 4 is 11.9 Å². The average molecular weight is 198 g/mol. The number of carbonyl (C=O) groups is 2. The molecule has 0 unspecified atom stereocenters. The molecule has 14 heavy (non-hydrogen) atoms. The van der Waals surface area contributed by atoms with E-state index in [1.807, 2.05) is 0 Å². The second-order valence-electron chi connectivity index (χ2n) is 4.31. The fraction of sp³-hybridized carbons (Fsp3) is 0.778. The topological polar surface area (TPSA) is 92.4 Å². The minimum absolute atomic E-state index is 0.341. The van der Waals surface area contributed by atoms with Crippen LogP contribution >= 0.6 is 0 Å². The van der Waals surface area contributed by atoms with Gasteiger partial charge in [-0.2, -0.15) is 0 Å². The first-order valence-corrected chi connectivity index (χ1v) is 4.84. The SMILES string of the molecule is NC(=O)C1(NC2CC2)CC(C(=O)O)C1. The van der Waals surface area contributed by atoms with Crippen molar-refractivity contribution in [3.05, 3.63) is 0 Å². The van der Waals surface area contributed by atoms with Crippen LogP contribution in [0.25, 0.3) is 0 Å². The lowest BCUT2D eigenvalue weighted by molar-refractivity contribution is -0.150. The largest absolute Gasteiger partial charge is 0.481 e. The predicted octanol–water partition coefficient (Wildman–Crippen LogP) is -0.543. The summed E-state index contributed by atoms with van der Waals surface area (Å²) in [5, 5.41) is 11.9. The van der Waals surface area contributed by atoms with Crippen molar-refractivity contribution in [2.24, 2.45) is 11.7 Å². The van der Waals surface area contributed by atoms with Gasteiger partial charge in [-0.25, -0.2) is 0 Å². The Hall–Kier alpha value is -1.10. The number of carbonyl (C=O) groups excluding carboxylic acids is 1. The number of aliphatic carboxylic acids is 1. The third-order valence-electron chi connectivity index (χ3n) is 3.07. The molecule has 0 aromatic carbocycles. The third kappa shape index (κ3) is 1.48. The first-order chi connectivity index (χ1) is 6.53. The summed E-state index contributed by atoms with van der Waals surface area (Å²) in [5.41, 5.74) is 4.54. The number of carboxylic acids is 1. The van der Waals surface area contributed by atoms with Gasteiger partial charge in [-0.3, -0.25) is 9.59 Å². The van der Waals surface area contributed by atoms with E-state index in [2.05, 4.69) is 5.32 Å². The summed E-state index contributed by atoms with van der Waals surface area (Å²) in [6.07, 6.45) is 2.81. The summed E-state index contributed by atoms with van der Waals surface area (Å²) in [4.78, 5) is 21.8. The molecule has 2 aliphatic rings. The molecule has 0 aromatic rings. The average Bonchev–Trinajstić information content (AvgIpc) is 2.77. The maximum Gasteiger partial charge on any atom is 0.306 e. The highest BCUT2D eigenvalue weighted by atomic mass is 16.4. The van der Waals surface area contributed by atoms with E-state index >= 15 is 0 Å². The molecule has 0 saturated heterocycles. The fourth-order valence-electron chi connectivity index (χ4n) is 1.96. The Morgan fingerprint density at radius 3 is 2.29 bits per heavy atom. The molecule has 2 fully saturated rings. The van der Waals surface area contributed by atoms with Gasteiger partial charge in [-0.1, -0.05) is 0 Å². The minimum Gasteiger partial charge on any atom is -0.481 e. The van der Waals surface area contributed by atoms with Crippen LogP contribution in [0.15, 0.2) is 0 Å². The predicted molar refractivity (Wildman–Crippen MR) is 48.4 cm³/mol. The second-order valence-corrected chi connectivity index (χ2v) is 4.31. The normalized spacial score (nSPS) is 36.1. The van der Waals surface area contributed by atoms with Crippen molar-refractivity contribution < 1.29 is 14.7 Å². The molecule has 0 aromatic heterocycles. The van der Waals surface area contributed by atoms with Gasteiger partial charge in [0, 0.05) is 6.04 Å². The lowest BCUT2D eigenvalue weighted by Crippen LogP contribution is -2.65. The molecule has 0 atom stereocenters. The lowest BCUT2D eigenvalue weighted by atomic mass is 9.67. The monoisotopic (exact) mass is 198 g/mol. The van der Waals surface area contributed by atoms with Gasteiger partial charge in [0.05, 0.1) is 11.5 Å². The Morgan fingerprint density at radius 2 is 1.93 bits per heavy atom. The van der Waals surface area contributed by atoms with E-state index in [1.165, 1.54) is 0 Å². The molecule has 5 nitrogen and oxygen atoms in total. The first kappa shape index (κ1) is 9.45. The van der Waals surface area contributed by atoms with Crippen LogP contribution in [0.4, 0.5) is 0 Å². The van der Waals surface area contributed by atoms with E-state index in [1.54, 1.807) is 0 Å². The van der Waals surface area contributed by atoms with Crippen molar-refractivity contribution in [3.8, 4) is 0 Å². The molecule has 2 rings (SSSR count). The lowest BCUT2D eigenvalue weighted by Gasteiger charge is -2.44. The zero-order valence-electron chi connectivity index (χ0n) is 7.82. The van der Waals surface area contributed by atoms with E-state index in [0.29, 0.717) is 18.9 Å². The number of hydrogen-bond acceptors (Lipinski definition) is 3. The van der Waals surface area contributed by atoms with E-state index < -0.39 is 23.3 Å². The van der Waals surface area contributed by atoms with Gasteiger partial charge in [0.1, 0.15) is 0 Å². The number of nitrogens with two attached hydrogens (primary N) is 1. The summed E-state index contributed by atoms with van der Waals surface area (Å²) in [6.45, 7) is 0. The summed E-state index contributed by atoms with van der Waals surface area (Å²) in [6, 6.07) is 0.372. The quantitative estimate of drug-likeness (QED) is 0.565. The van der Waals surface area contributed by atoms with Gasteiger partial charge in [0.2, 0.25) is 5.91 Å². The number of amides is 1. The van der Waals surface area contributed by atoms with E-state index in [-0.39, 0.29) is 0 Å². The van der Waals surface area contributed by atoms with Crippen molar-refractivity contribution in [2.75, 3.05) is 0 Å². The van der Waals surface area contributed by atoms with Gasteiger partial charge in [-0.05, 0) is 25.7 Å². The Balaban J connectivity index is 1.97. The molecule has 0 spiro atoms. The zero-order valence-corrected chi connectivity index (χ0v) is 7.82. The molecule has 5 heteroatoms. The molecule has 0 aliphatic heterocycles.